The zero-order valence-electron chi connectivity index (χ0n) is 10.9. The Morgan fingerprint density at radius 3 is 2.47 bits per heavy atom. The predicted octanol–water partition coefficient (Wildman–Crippen LogP) is -0.281. The highest BCUT2D eigenvalue weighted by molar-refractivity contribution is 5.84. The SMILES string of the molecule is CCC(CO)(CO)N1CCC(NC(C)C)C1=O. The van der Waals surface area contributed by atoms with E-state index in [4.69, 9.17) is 0 Å². The van der Waals surface area contributed by atoms with Gasteiger partial charge < -0.3 is 20.4 Å². The fourth-order valence-corrected chi connectivity index (χ4v) is 2.34. The highest BCUT2D eigenvalue weighted by atomic mass is 16.3. The highest BCUT2D eigenvalue weighted by Gasteiger charge is 2.43. The molecule has 0 aromatic heterocycles. The molecule has 1 rings (SSSR count). The molecule has 0 aliphatic carbocycles. The van der Waals surface area contributed by atoms with Crippen LogP contribution in [-0.2, 0) is 4.79 Å². The average molecular weight is 244 g/mol. The van der Waals surface area contributed by atoms with Crippen molar-refractivity contribution in [2.75, 3.05) is 19.8 Å². The second-order valence-corrected chi connectivity index (χ2v) is 5.05. The summed E-state index contributed by atoms with van der Waals surface area (Å²) in [4.78, 5) is 13.8. The van der Waals surface area contributed by atoms with E-state index in [1.54, 1.807) is 4.90 Å². The number of carbonyl (C=O) groups is 1. The van der Waals surface area contributed by atoms with Crippen molar-refractivity contribution in [1.82, 2.24) is 10.2 Å². The Balaban J connectivity index is 2.77. The molecule has 5 nitrogen and oxygen atoms in total. The number of carbonyl (C=O) groups excluding carboxylic acids is 1. The van der Waals surface area contributed by atoms with Crippen molar-refractivity contribution in [2.24, 2.45) is 0 Å². The van der Waals surface area contributed by atoms with Crippen LogP contribution >= 0.6 is 0 Å². The van der Waals surface area contributed by atoms with Crippen molar-refractivity contribution >= 4 is 5.91 Å². The van der Waals surface area contributed by atoms with Crippen molar-refractivity contribution < 1.29 is 15.0 Å². The van der Waals surface area contributed by atoms with Crippen LogP contribution in [0.1, 0.15) is 33.6 Å². The van der Waals surface area contributed by atoms with Gasteiger partial charge in [-0.2, -0.15) is 0 Å². The molecular formula is C12H24N2O3. The van der Waals surface area contributed by atoms with Crippen LogP contribution in [0.2, 0.25) is 0 Å². The van der Waals surface area contributed by atoms with E-state index >= 15 is 0 Å². The molecule has 3 N–H and O–H groups in total. The quantitative estimate of drug-likeness (QED) is 0.601. The molecule has 0 spiro atoms. The summed E-state index contributed by atoms with van der Waals surface area (Å²) in [6.45, 7) is 6.09. The van der Waals surface area contributed by atoms with E-state index in [2.05, 4.69) is 5.32 Å². The van der Waals surface area contributed by atoms with E-state index in [0.717, 1.165) is 6.42 Å². The van der Waals surface area contributed by atoms with Crippen molar-refractivity contribution in [2.45, 2.75) is 51.2 Å². The summed E-state index contributed by atoms with van der Waals surface area (Å²) in [7, 11) is 0. The van der Waals surface area contributed by atoms with E-state index in [1.165, 1.54) is 0 Å². The lowest BCUT2D eigenvalue weighted by Gasteiger charge is -2.38. The molecule has 1 fully saturated rings. The first-order chi connectivity index (χ1) is 8.00. The number of rotatable bonds is 6. The molecule has 17 heavy (non-hydrogen) atoms. The number of nitrogens with zero attached hydrogens (tertiary/aromatic N) is 1. The monoisotopic (exact) mass is 244 g/mol. The minimum Gasteiger partial charge on any atom is -0.394 e. The number of amides is 1. The van der Waals surface area contributed by atoms with Crippen molar-refractivity contribution in [1.29, 1.82) is 0 Å². The fourth-order valence-electron chi connectivity index (χ4n) is 2.34. The van der Waals surface area contributed by atoms with Crippen LogP contribution in [0.25, 0.3) is 0 Å². The van der Waals surface area contributed by atoms with Gasteiger partial charge in [-0.15, -0.1) is 0 Å². The molecule has 5 heteroatoms. The molecule has 1 saturated heterocycles. The maximum Gasteiger partial charge on any atom is 0.240 e. The molecular weight excluding hydrogens is 220 g/mol. The van der Waals surface area contributed by atoms with Crippen molar-refractivity contribution in [3.05, 3.63) is 0 Å². The van der Waals surface area contributed by atoms with Gasteiger partial charge in [0.25, 0.3) is 0 Å². The van der Waals surface area contributed by atoms with Gasteiger partial charge in [-0.05, 0) is 12.8 Å². The summed E-state index contributed by atoms with van der Waals surface area (Å²) in [5, 5.41) is 22.1. The summed E-state index contributed by atoms with van der Waals surface area (Å²) in [5.41, 5.74) is -0.801. The van der Waals surface area contributed by atoms with Crippen LogP contribution in [-0.4, -0.2) is 58.4 Å². The summed E-state index contributed by atoms with van der Waals surface area (Å²) >= 11 is 0. The van der Waals surface area contributed by atoms with E-state index < -0.39 is 5.54 Å². The van der Waals surface area contributed by atoms with Gasteiger partial charge in [0.15, 0.2) is 0 Å². The molecule has 1 atom stereocenters. The van der Waals surface area contributed by atoms with E-state index in [1.807, 2.05) is 20.8 Å². The average Bonchev–Trinajstić information content (AvgIpc) is 2.65. The van der Waals surface area contributed by atoms with Gasteiger partial charge in [0.2, 0.25) is 5.91 Å². The first kappa shape index (κ1) is 14.4. The molecule has 100 valence electrons. The second-order valence-electron chi connectivity index (χ2n) is 5.05. The third kappa shape index (κ3) is 2.78. The van der Waals surface area contributed by atoms with Gasteiger partial charge in [-0.25, -0.2) is 0 Å². The van der Waals surface area contributed by atoms with Crippen LogP contribution in [0, 0.1) is 0 Å². The van der Waals surface area contributed by atoms with Gasteiger partial charge in [-0.1, -0.05) is 20.8 Å². The molecule has 1 aliphatic rings. The number of hydrogen-bond acceptors (Lipinski definition) is 4. The topological polar surface area (TPSA) is 72.8 Å². The second kappa shape index (κ2) is 5.80. The summed E-state index contributed by atoms with van der Waals surface area (Å²) in [5.74, 6) is -0.0105. The normalized spacial score (nSPS) is 21.6. The molecule has 0 saturated carbocycles. The Kier molecular flexibility index (Phi) is 4.91. The number of likely N-dealkylation sites (tertiary alicyclic amines) is 1. The Hall–Kier alpha value is -0.650. The third-order valence-corrected chi connectivity index (χ3v) is 3.56. The van der Waals surface area contributed by atoms with E-state index in [9.17, 15) is 15.0 Å². The van der Waals surface area contributed by atoms with Crippen LogP contribution in [0.5, 0.6) is 0 Å². The van der Waals surface area contributed by atoms with Gasteiger partial charge >= 0.3 is 0 Å². The Labute approximate surface area is 103 Å². The smallest absolute Gasteiger partial charge is 0.240 e. The van der Waals surface area contributed by atoms with E-state index in [-0.39, 0.29) is 31.2 Å². The molecule has 0 aromatic carbocycles. The predicted molar refractivity (Wildman–Crippen MR) is 65.6 cm³/mol. The minimum atomic E-state index is -0.801. The number of hydrogen-bond donors (Lipinski definition) is 3. The Morgan fingerprint density at radius 2 is 2.06 bits per heavy atom. The lowest BCUT2D eigenvalue weighted by Crippen LogP contribution is -2.56. The first-order valence-electron chi connectivity index (χ1n) is 6.30. The van der Waals surface area contributed by atoms with Gasteiger partial charge in [0.1, 0.15) is 0 Å². The van der Waals surface area contributed by atoms with Crippen LogP contribution in [0.15, 0.2) is 0 Å². The van der Waals surface area contributed by atoms with Crippen LogP contribution in [0.3, 0.4) is 0 Å². The van der Waals surface area contributed by atoms with Crippen LogP contribution < -0.4 is 5.32 Å². The van der Waals surface area contributed by atoms with Crippen molar-refractivity contribution in [3.63, 3.8) is 0 Å². The first-order valence-corrected chi connectivity index (χ1v) is 6.30. The van der Waals surface area contributed by atoms with Crippen molar-refractivity contribution in [3.8, 4) is 0 Å². The largest absolute Gasteiger partial charge is 0.394 e. The van der Waals surface area contributed by atoms with Gasteiger partial charge in [0, 0.05) is 12.6 Å². The number of nitrogens with one attached hydrogen (secondary N) is 1. The standard InChI is InChI=1S/C12H24N2O3/c1-4-12(7-15,8-16)14-6-5-10(11(14)17)13-9(2)3/h9-10,13,15-16H,4-8H2,1-3H3. The van der Waals surface area contributed by atoms with Crippen LogP contribution in [0.4, 0.5) is 0 Å². The van der Waals surface area contributed by atoms with E-state index in [0.29, 0.717) is 13.0 Å². The summed E-state index contributed by atoms with van der Waals surface area (Å²) in [6.07, 6.45) is 1.29. The Morgan fingerprint density at radius 1 is 1.47 bits per heavy atom. The molecule has 1 aliphatic heterocycles. The molecule has 1 amide bonds. The Bertz CT molecular complexity index is 256. The van der Waals surface area contributed by atoms with Gasteiger partial charge in [0.05, 0.1) is 24.8 Å². The summed E-state index contributed by atoms with van der Waals surface area (Å²) in [6, 6.07) is 0.0715. The summed E-state index contributed by atoms with van der Waals surface area (Å²) < 4.78 is 0. The minimum absolute atomic E-state index is 0.0105. The zero-order valence-corrected chi connectivity index (χ0v) is 10.9. The lowest BCUT2D eigenvalue weighted by molar-refractivity contribution is -0.139. The lowest BCUT2D eigenvalue weighted by atomic mass is 9.96. The third-order valence-electron chi connectivity index (χ3n) is 3.56. The van der Waals surface area contributed by atoms with Gasteiger partial charge in [-0.3, -0.25) is 4.79 Å². The highest BCUT2D eigenvalue weighted by Crippen LogP contribution is 2.25. The number of aliphatic hydroxyl groups excluding tert-OH is 2. The fraction of sp³-hybridized carbons (Fsp3) is 0.917. The maximum absolute atomic E-state index is 12.2. The zero-order chi connectivity index (χ0) is 13.1. The molecule has 0 bridgehead atoms. The number of aliphatic hydroxyl groups is 2. The molecule has 0 radical (unpaired) electrons. The maximum atomic E-state index is 12.2. The molecule has 0 aromatic rings. The molecule has 1 heterocycles. The molecule has 1 unspecified atom stereocenters.